The topological polar surface area (TPSA) is 16.1 Å². The van der Waals surface area contributed by atoms with Gasteiger partial charge in [0.25, 0.3) is 0 Å². The van der Waals surface area contributed by atoms with Crippen molar-refractivity contribution in [2.75, 3.05) is 7.05 Å². The quantitative estimate of drug-likeness (QED) is 0.719. The Hall–Kier alpha value is -2.33. The van der Waals surface area contributed by atoms with Gasteiger partial charge in [0.15, 0.2) is 0 Å². The van der Waals surface area contributed by atoms with E-state index in [9.17, 15) is 8.78 Å². The highest BCUT2D eigenvalue weighted by Gasteiger charge is 2.09. The predicted octanol–water partition coefficient (Wildman–Crippen LogP) is 4.15. The number of rotatable bonds is 4. The van der Waals surface area contributed by atoms with Gasteiger partial charge >= 0.3 is 0 Å². The van der Waals surface area contributed by atoms with E-state index in [1.165, 1.54) is 24.3 Å². The largest absolute Gasteiger partial charge is 0.298 e. The molecule has 3 rings (SSSR count). The summed E-state index contributed by atoms with van der Waals surface area (Å²) < 4.78 is 27.0. The fourth-order valence-corrected chi connectivity index (χ4v) is 2.64. The molecule has 0 fully saturated rings. The number of halogens is 2. The van der Waals surface area contributed by atoms with E-state index in [4.69, 9.17) is 0 Å². The van der Waals surface area contributed by atoms with E-state index < -0.39 is 0 Å². The van der Waals surface area contributed by atoms with Crippen molar-refractivity contribution >= 4 is 10.9 Å². The standard InChI is InChI=1S/C18H16F2N2/c1-22(11-13-4-2-6-16(19)8-13)12-15-10-17(20)9-14-5-3-7-21-18(14)15/h2-10H,11-12H2,1H3. The van der Waals surface area contributed by atoms with Gasteiger partial charge in [0.2, 0.25) is 0 Å². The number of hydrogen-bond acceptors (Lipinski definition) is 2. The number of hydrogen-bond donors (Lipinski definition) is 0. The molecule has 0 saturated carbocycles. The van der Waals surface area contributed by atoms with Crippen LogP contribution in [0.3, 0.4) is 0 Å². The SMILES string of the molecule is CN(Cc1cccc(F)c1)Cc1cc(F)cc2cccnc12. The van der Waals surface area contributed by atoms with Crippen LogP contribution in [0.15, 0.2) is 54.7 Å². The van der Waals surface area contributed by atoms with Gasteiger partial charge < -0.3 is 0 Å². The summed E-state index contributed by atoms with van der Waals surface area (Å²) in [5.41, 5.74) is 2.51. The van der Waals surface area contributed by atoms with Gasteiger partial charge in [0.05, 0.1) is 5.52 Å². The Balaban J connectivity index is 1.83. The van der Waals surface area contributed by atoms with Crippen LogP contribution in [0.5, 0.6) is 0 Å². The Labute approximate surface area is 128 Å². The fraction of sp³-hybridized carbons (Fsp3) is 0.167. The average Bonchev–Trinajstić information content (AvgIpc) is 2.47. The molecule has 0 unspecified atom stereocenters. The monoisotopic (exact) mass is 298 g/mol. The molecule has 2 nitrogen and oxygen atoms in total. The lowest BCUT2D eigenvalue weighted by Crippen LogP contribution is -2.17. The van der Waals surface area contributed by atoms with E-state index in [-0.39, 0.29) is 11.6 Å². The van der Waals surface area contributed by atoms with E-state index in [0.717, 1.165) is 22.0 Å². The maximum absolute atomic E-state index is 13.7. The number of fused-ring (bicyclic) bond motifs is 1. The van der Waals surface area contributed by atoms with Crippen molar-refractivity contribution in [3.8, 4) is 0 Å². The molecule has 1 heterocycles. The molecule has 4 heteroatoms. The van der Waals surface area contributed by atoms with Crippen molar-refractivity contribution in [1.82, 2.24) is 9.88 Å². The summed E-state index contributed by atoms with van der Waals surface area (Å²) in [4.78, 5) is 6.35. The lowest BCUT2D eigenvalue weighted by molar-refractivity contribution is 0.319. The van der Waals surface area contributed by atoms with E-state index in [1.807, 2.05) is 24.1 Å². The van der Waals surface area contributed by atoms with Crippen molar-refractivity contribution in [2.45, 2.75) is 13.1 Å². The highest BCUT2D eigenvalue weighted by Crippen LogP contribution is 2.20. The molecule has 0 atom stereocenters. The molecule has 3 aromatic rings. The molecule has 1 aromatic heterocycles. The first-order valence-electron chi connectivity index (χ1n) is 7.08. The van der Waals surface area contributed by atoms with E-state index in [0.29, 0.717) is 13.1 Å². The minimum Gasteiger partial charge on any atom is -0.298 e. The summed E-state index contributed by atoms with van der Waals surface area (Å²) in [7, 11) is 1.92. The Bertz CT molecular complexity index is 802. The van der Waals surface area contributed by atoms with Crippen LogP contribution in [-0.4, -0.2) is 16.9 Å². The van der Waals surface area contributed by atoms with Gasteiger partial charge in [0, 0.05) is 24.7 Å². The number of benzene rings is 2. The number of nitrogens with zero attached hydrogens (tertiary/aromatic N) is 2. The third-order valence-corrected chi connectivity index (χ3v) is 3.53. The van der Waals surface area contributed by atoms with Crippen LogP contribution in [0.2, 0.25) is 0 Å². The molecule has 2 aromatic carbocycles. The summed E-state index contributed by atoms with van der Waals surface area (Å²) in [6.07, 6.45) is 1.70. The van der Waals surface area contributed by atoms with Gasteiger partial charge in [-0.2, -0.15) is 0 Å². The Kier molecular flexibility index (Phi) is 4.11. The normalized spacial score (nSPS) is 11.3. The van der Waals surface area contributed by atoms with E-state index in [2.05, 4.69) is 4.98 Å². The summed E-state index contributed by atoms with van der Waals surface area (Å²) in [6.45, 7) is 1.13. The second-order valence-electron chi connectivity index (χ2n) is 5.44. The van der Waals surface area contributed by atoms with Gasteiger partial charge in [-0.05, 0) is 48.5 Å². The lowest BCUT2D eigenvalue weighted by Gasteiger charge is -2.18. The fourth-order valence-electron chi connectivity index (χ4n) is 2.64. The molecular formula is C18H16F2N2. The summed E-state index contributed by atoms with van der Waals surface area (Å²) in [5.74, 6) is -0.515. The molecule has 0 amide bonds. The lowest BCUT2D eigenvalue weighted by atomic mass is 10.1. The van der Waals surface area contributed by atoms with Gasteiger partial charge in [-0.25, -0.2) is 8.78 Å². The highest BCUT2D eigenvalue weighted by atomic mass is 19.1. The van der Waals surface area contributed by atoms with Crippen LogP contribution < -0.4 is 0 Å². The average molecular weight is 298 g/mol. The van der Waals surface area contributed by atoms with Crippen LogP contribution in [-0.2, 0) is 13.1 Å². The van der Waals surface area contributed by atoms with Crippen molar-refractivity contribution in [3.63, 3.8) is 0 Å². The van der Waals surface area contributed by atoms with Crippen LogP contribution in [0, 0.1) is 11.6 Å². The Morgan fingerprint density at radius 1 is 0.955 bits per heavy atom. The van der Waals surface area contributed by atoms with Gasteiger partial charge in [-0.15, -0.1) is 0 Å². The zero-order chi connectivity index (χ0) is 15.5. The highest BCUT2D eigenvalue weighted by molar-refractivity contribution is 5.81. The molecule has 0 aliphatic rings. The Morgan fingerprint density at radius 2 is 1.82 bits per heavy atom. The van der Waals surface area contributed by atoms with Crippen LogP contribution in [0.4, 0.5) is 8.78 Å². The second-order valence-corrected chi connectivity index (χ2v) is 5.44. The predicted molar refractivity (Wildman–Crippen MR) is 83.3 cm³/mol. The molecule has 0 saturated heterocycles. The van der Waals surface area contributed by atoms with Gasteiger partial charge in [0.1, 0.15) is 11.6 Å². The molecule has 0 bridgehead atoms. The first kappa shape index (κ1) is 14.6. The molecule has 0 aliphatic carbocycles. The van der Waals surface area contributed by atoms with Crippen LogP contribution in [0.1, 0.15) is 11.1 Å². The van der Waals surface area contributed by atoms with Crippen molar-refractivity contribution in [2.24, 2.45) is 0 Å². The zero-order valence-corrected chi connectivity index (χ0v) is 12.3. The summed E-state index contributed by atoms with van der Waals surface area (Å²) in [5, 5.41) is 0.789. The van der Waals surface area contributed by atoms with Crippen molar-refractivity contribution in [3.05, 3.63) is 77.5 Å². The minimum atomic E-state index is -0.269. The van der Waals surface area contributed by atoms with E-state index in [1.54, 1.807) is 18.3 Å². The minimum absolute atomic E-state index is 0.247. The van der Waals surface area contributed by atoms with Crippen LogP contribution in [0.25, 0.3) is 10.9 Å². The molecule has 22 heavy (non-hydrogen) atoms. The van der Waals surface area contributed by atoms with Crippen molar-refractivity contribution < 1.29 is 8.78 Å². The number of pyridine rings is 1. The van der Waals surface area contributed by atoms with Crippen LogP contribution >= 0.6 is 0 Å². The van der Waals surface area contributed by atoms with Crippen molar-refractivity contribution in [1.29, 1.82) is 0 Å². The summed E-state index contributed by atoms with van der Waals surface area (Å²) >= 11 is 0. The smallest absolute Gasteiger partial charge is 0.124 e. The summed E-state index contributed by atoms with van der Waals surface area (Å²) in [6, 6.07) is 13.1. The van der Waals surface area contributed by atoms with E-state index >= 15 is 0 Å². The third-order valence-electron chi connectivity index (χ3n) is 3.53. The third kappa shape index (κ3) is 3.28. The maximum atomic E-state index is 13.7. The molecule has 0 radical (unpaired) electrons. The molecule has 0 N–H and O–H groups in total. The molecular weight excluding hydrogens is 282 g/mol. The molecule has 0 spiro atoms. The second kappa shape index (κ2) is 6.20. The van der Waals surface area contributed by atoms with Gasteiger partial charge in [-0.3, -0.25) is 9.88 Å². The Morgan fingerprint density at radius 3 is 2.64 bits per heavy atom. The molecule has 0 aliphatic heterocycles. The number of aromatic nitrogens is 1. The first-order chi connectivity index (χ1) is 10.6. The maximum Gasteiger partial charge on any atom is 0.124 e. The molecule has 112 valence electrons. The first-order valence-corrected chi connectivity index (χ1v) is 7.08. The van der Waals surface area contributed by atoms with Gasteiger partial charge in [-0.1, -0.05) is 18.2 Å². The zero-order valence-electron chi connectivity index (χ0n) is 12.3.